The standard InChI is InChI=1S/C24H31NO/c1-18-6-5-9-23-22(18)11-10-19(16-24(23)26)17-25-14-12-21(13-15-25)20-7-3-2-4-8-20/h2-9,19,21,24,26H,10-17H2,1H3. The molecule has 2 atom stereocenters. The van der Waals surface area contributed by atoms with E-state index in [0.717, 1.165) is 25.3 Å². The number of likely N-dealkylation sites (tertiary alicyclic amines) is 1. The number of hydrogen-bond donors (Lipinski definition) is 1. The van der Waals surface area contributed by atoms with Gasteiger partial charge in [-0.25, -0.2) is 0 Å². The van der Waals surface area contributed by atoms with E-state index < -0.39 is 0 Å². The molecule has 0 radical (unpaired) electrons. The van der Waals surface area contributed by atoms with Crippen molar-refractivity contribution in [1.82, 2.24) is 4.90 Å². The van der Waals surface area contributed by atoms with Gasteiger partial charge >= 0.3 is 0 Å². The summed E-state index contributed by atoms with van der Waals surface area (Å²) in [7, 11) is 0. The molecule has 1 N–H and O–H groups in total. The predicted octanol–water partition coefficient (Wildman–Crippen LogP) is 4.86. The molecule has 1 fully saturated rings. The second-order valence-corrected chi connectivity index (χ2v) is 8.28. The smallest absolute Gasteiger partial charge is 0.0795 e. The highest BCUT2D eigenvalue weighted by molar-refractivity contribution is 5.37. The lowest BCUT2D eigenvalue weighted by Crippen LogP contribution is -2.36. The Morgan fingerprint density at radius 3 is 2.50 bits per heavy atom. The fourth-order valence-corrected chi connectivity index (χ4v) is 4.99. The van der Waals surface area contributed by atoms with Crippen molar-refractivity contribution in [1.29, 1.82) is 0 Å². The van der Waals surface area contributed by atoms with E-state index >= 15 is 0 Å². The Morgan fingerprint density at radius 2 is 1.73 bits per heavy atom. The number of hydrogen-bond acceptors (Lipinski definition) is 2. The zero-order chi connectivity index (χ0) is 17.9. The summed E-state index contributed by atoms with van der Waals surface area (Å²) in [5, 5.41) is 10.7. The number of nitrogens with zero attached hydrogens (tertiary/aromatic N) is 1. The molecule has 26 heavy (non-hydrogen) atoms. The lowest BCUT2D eigenvalue weighted by Gasteiger charge is -2.34. The molecule has 1 aliphatic carbocycles. The van der Waals surface area contributed by atoms with Gasteiger partial charge in [0.15, 0.2) is 0 Å². The van der Waals surface area contributed by atoms with E-state index in [1.54, 1.807) is 0 Å². The number of aryl methyl sites for hydroxylation is 1. The summed E-state index contributed by atoms with van der Waals surface area (Å²) >= 11 is 0. The molecule has 0 spiro atoms. The number of aliphatic hydroxyl groups is 1. The molecule has 2 aliphatic rings. The van der Waals surface area contributed by atoms with Crippen LogP contribution in [0.25, 0.3) is 0 Å². The predicted molar refractivity (Wildman–Crippen MR) is 107 cm³/mol. The van der Waals surface area contributed by atoms with E-state index in [9.17, 15) is 5.11 Å². The second kappa shape index (κ2) is 7.94. The van der Waals surface area contributed by atoms with Gasteiger partial charge in [-0.1, -0.05) is 48.5 Å². The monoisotopic (exact) mass is 349 g/mol. The number of rotatable bonds is 3. The highest BCUT2D eigenvalue weighted by atomic mass is 16.3. The summed E-state index contributed by atoms with van der Waals surface area (Å²) in [6.07, 6.45) is 5.46. The van der Waals surface area contributed by atoms with Crippen LogP contribution in [0.4, 0.5) is 0 Å². The van der Waals surface area contributed by atoms with Gasteiger partial charge < -0.3 is 10.0 Å². The second-order valence-electron chi connectivity index (χ2n) is 8.28. The summed E-state index contributed by atoms with van der Waals surface area (Å²) < 4.78 is 0. The number of piperidine rings is 1. The molecule has 1 saturated heterocycles. The third-order valence-corrected chi connectivity index (χ3v) is 6.54. The van der Waals surface area contributed by atoms with E-state index in [4.69, 9.17) is 0 Å². The molecule has 2 unspecified atom stereocenters. The Labute approximate surface area is 157 Å². The van der Waals surface area contributed by atoms with E-state index in [1.165, 1.54) is 54.6 Å². The molecule has 138 valence electrons. The molecule has 2 heteroatoms. The minimum Gasteiger partial charge on any atom is -0.388 e. The largest absolute Gasteiger partial charge is 0.388 e. The summed E-state index contributed by atoms with van der Waals surface area (Å²) in [5.74, 6) is 1.32. The first-order valence-corrected chi connectivity index (χ1v) is 10.2. The van der Waals surface area contributed by atoms with Crippen molar-refractivity contribution < 1.29 is 5.11 Å². The minimum absolute atomic E-state index is 0.292. The van der Waals surface area contributed by atoms with Crippen LogP contribution in [0.1, 0.15) is 60.0 Å². The Hall–Kier alpha value is -1.64. The molecule has 2 nitrogen and oxygen atoms in total. The molecule has 0 saturated carbocycles. The van der Waals surface area contributed by atoms with Crippen molar-refractivity contribution in [2.24, 2.45) is 5.92 Å². The molecular formula is C24H31NO. The first-order valence-electron chi connectivity index (χ1n) is 10.2. The maximum Gasteiger partial charge on any atom is 0.0795 e. The van der Waals surface area contributed by atoms with Crippen LogP contribution in [0, 0.1) is 12.8 Å². The van der Waals surface area contributed by atoms with Gasteiger partial charge in [-0.15, -0.1) is 0 Å². The average Bonchev–Trinajstić information content (AvgIpc) is 2.83. The number of aliphatic hydroxyl groups excluding tert-OH is 1. The third kappa shape index (κ3) is 3.87. The van der Waals surface area contributed by atoms with Crippen molar-refractivity contribution in [3.8, 4) is 0 Å². The van der Waals surface area contributed by atoms with Crippen molar-refractivity contribution in [3.63, 3.8) is 0 Å². The van der Waals surface area contributed by atoms with Crippen LogP contribution in [0.2, 0.25) is 0 Å². The van der Waals surface area contributed by atoms with Crippen LogP contribution in [0.3, 0.4) is 0 Å². The lowest BCUT2D eigenvalue weighted by molar-refractivity contribution is 0.117. The fourth-order valence-electron chi connectivity index (χ4n) is 4.99. The third-order valence-electron chi connectivity index (χ3n) is 6.54. The summed E-state index contributed by atoms with van der Waals surface area (Å²) in [5.41, 5.74) is 5.41. The summed E-state index contributed by atoms with van der Waals surface area (Å²) in [6, 6.07) is 17.4. The van der Waals surface area contributed by atoms with Crippen LogP contribution in [-0.2, 0) is 6.42 Å². The van der Waals surface area contributed by atoms with Crippen LogP contribution in [0.5, 0.6) is 0 Å². The van der Waals surface area contributed by atoms with Crippen molar-refractivity contribution in [3.05, 3.63) is 70.8 Å². The van der Waals surface area contributed by atoms with E-state index in [0.29, 0.717) is 5.92 Å². The molecule has 4 rings (SSSR count). The van der Waals surface area contributed by atoms with Crippen molar-refractivity contribution in [2.75, 3.05) is 19.6 Å². The molecule has 1 heterocycles. The van der Waals surface area contributed by atoms with Gasteiger partial charge in [-0.3, -0.25) is 0 Å². The Balaban J connectivity index is 1.34. The number of benzene rings is 2. The average molecular weight is 350 g/mol. The highest BCUT2D eigenvalue weighted by Gasteiger charge is 2.27. The van der Waals surface area contributed by atoms with Gasteiger partial charge in [0.2, 0.25) is 0 Å². The summed E-state index contributed by atoms with van der Waals surface area (Å²) in [6.45, 7) is 5.71. The van der Waals surface area contributed by atoms with Gasteiger partial charge in [0, 0.05) is 6.54 Å². The SMILES string of the molecule is Cc1cccc2c1CCC(CN1CCC(c3ccccc3)CC1)CC2O. The van der Waals surface area contributed by atoms with Gasteiger partial charge in [0.05, 0.1) is 6.10 Å². The van der Waals surface area contributed by atoms with E-state index in [2.05, 4.69) is 60.4 Å². The first kappa shape index (κ1) is 17.8. The van der Waals surface area contributed by atoms with Gasteiger partial charge in [0.25, 0.3) is 0 Å². The van der Waals surface area contributed by atoms with Crippen molar-refractivity contribution in [2.45, 2.75) is 51.0 Å². The maximum atomic E-state index is 10.7. The topological polar surface area (TPSA) is 23.5 Å². The molecular weight excluding hydrogens is 318 g/mol. The number of fused-ring (bicyclic) bond motifs is 1. The maximum absolute atomic E-state index is 10.7. The first-order chi connectivity index (χ1) is 12.7. The van der Waals surface area contributed by atoms with E-state index in [1.807, 2.05) is 0 Å². The fraction of sp³-hybridized carbons (Fsp3) is 0.500. The normalized spacial score (nSPS) is 24.8. The molecule has 0 bridgehead atoms. The van der Waals surface area contributed by atoms with Crippen LogP contribution < -0.4 is 0 Å². The summed E-state index contributed by atoms with van der Waals surface area (Å²) in [4.78, 5) is 2.64. The van der Waals surface area contributed by atoms with Crippen LogP contribution in [-0.4, -0.2) is 29.6 Å². The van der Waals surface area contributed by atoms with E-state index in [-0.39, 0.29) is 6.10 Å². The zero-order valence-electron chi connectivity index (χ0n) is 15.9. The molecule has 1 aliphatic heterocycles. The van der Waals surface area contributed by atoms with Crippen molar-refractivity contribution >= 4 is 0 Å². The van der Waals surface area contributed by atoms with Gasteiger partial charge in [0.1, 0.15) is 0 Å². The molecule has 0 amide bonds. The van der Waals surface area contributed by atoms with Crippen LogP contribution in [0.15, 0.2) is 48.5 Å². The molecule has 0 aromatic heterocycles. The molecule has 2 aromatic rings. The van der Waals surface area contributed by atoms with Gasteiger partial charge in [-0.05, 0) is 86.2 Å². The quantitative estimate of drug-likeness (QED) is 0.800. The lowest BCUT2D eigenvalue weighted by atomic mass is 9.88. The minimum atomic E-state index is -0.292. The highest BCUT2D eigenvalue weighted by Crippen LogP contribution is 2.35. The van der Waals surface area contributed by atoms with Gasteiger partial charge in [-0.2, -0.15) is 0 Å². The Kier molecular flexibility index (Phi) is 5.42. The molecule has 2 aromatic carbocycles. The van der Waals surface area contributed by atoms with Crippen LogP contribution >= 0.6 is 0 Å². The Morgan fingerprint density at radius 1 is 0.962 bits per heavy atom. The zero-order valence-corrected chi connectivity index (χ0v) is 15.9. The Bertz CT molecular complexity index is 718.